The first-order valence-corrected chi connectivity index (χ1v) is 8.63. The minimum absolute atomic E-state index is 0.203. The van der Waals surface area contributed by atoms with E-state index < -0.39 is 5.97 Å². The second kappa shape index (κ2) is 9.24. The van der Waals surface area contributed by atoms with Crippen LogP contribution in [0, 0.1) is 5.82 Å². The van der Waals surface area contributed by atoms with E-state index in [1.165, 1.54) is 24.3 Å². The van der Waals surface area contributed by atoms with E-state index in [-0.39, 0.29) is 11.6 Å². The van der Waals surface area contributed by atoms with Crippen molar-refractivity contribution in [2.24, 2.45) is 0 Å². The number of esters is 1. The molecule has 0 saturated heterocycles. The fraction of sp³-hybridized carbons (Fsp3) is 0. The van der Waals surface area contributed by atoms with E-state index in [4.69, 9.17) is 4.74 Å². The third kappa shape index (κ3) is 5.61. The van der Waals surface area contributed by atoms with Crippen LogP contribution in [-0.4, -0.2) is 11.8 Å². The molecule has 3 aromatic rings. The van der Waals surface area contributed by atoms with Crippen molar-refractivity contribution in [2.45, 2.75) is 0 Å². The predicted octanol–water partition coefficient (Wildman–Crippen LogP) is 5.34. The van der Waals surface area contributed by atoms with Crippen LogP contribution in [0.5, 0.6) is 5.75 Å². The van der Waals surface area contributed by atoms with Crippen molar-refractivity contribution in [2.75, 3.05) is 0 Å². The molecule has 0 fully saturated rings. The summed E-state index contributed by atoms with van der Waals surface area (Å²) in [4.78, 5) is 24.1. The van der Waals surface area contributed by atoms with E-state index in [0.29, 0.717) is 11.3 Å². The van der Waals surface area contributed by atoms with Gasteiger partial charge in [-0.1, -0.05) is 48.5 Å². The van der Waals surface area contributed by atoms with E-state index in [2.05, 4.69) is 0 Å². The smallest absolute Gasteiger partial charge is 0.336 e. The van der Waals surface area contributed by atoms with Crippen LogP contribution in [-0.2, 0) is 4.79 Å². The topological polar surface area (TPSA) is 43.4 Å². The number of halogens is 1. The lowest BCUT2D eigenvalue weighted by Crippen LogP contribution is -2.04. The van der Waals surface area contributed by atoms with Crippen LogP contribution in [0.2, 0.25) is 0 Å². The van der Waals surface area contributed by atoms with Gasteiger partial charge in [0.1, 0.15) is 11.6 Å². The summed E-state index contributed by atoms with van der Waals surface area (Å²) in [7, 11) is 0. The van der Waals surface area contributed by atoms with Gasteiger partial charge in [-0.3, -0.25) is 4.79 Å². The molecule has 0 bridgehead atoms. The third-order valence-corrected chi connectivity index (χ3v) is 3.87. The number of hydrogen-bond donors (Lipinski definition) is 0. The molecule has 138 valence electrons. The zero-order valence-electron chi connectivity index (χ0n) is 14.9. The highest BCUT2D eigenvalue weighted by atomic mass is 19.1. The molecule has 0 radical (unpaired) electrons. The van der Waals surface area contributed by atoms with Crippen molar-refractivity contribution < 1.29 is 18.7 Å². The molecule has 0 spiro atoms. The minimum atomic E-state index is -0.501. The Morgan fingerprint density at radius 2 is 1.32 bits per heavy atom. The van der Waals surface area contributed by atoms with Gasteiger partial charge < -0.3 is 4.74 Å². The Kier molecular flexibility index (Phi) is 6.26. The summed E-state index contributed by atoms with van der Waals surface area (Å²) in [6, 6.07) is 21.5. The monoisotopic (exact) mass is 372 g/mol. The Balaban J connectivity index is 1.58. The maximum Gasteiger partial charge on any atom is 0.336 e. The van der Waals surface area contributed by atoms with E-state index in [9.17, 15) is 14.0 Å². The SMILES string of the molecule is O=C(C=Cc1ccccc1)Oc1ccc(C(=O)C=Cc2ccc(F)cc2)cc1. The summed E-state index contributed by atoms with van der Waals surface area (Å²) in [5.74, 6) is -0.681. The van der Waals surface area contributed by atoms with Crippen molar-refractivity contribution >= 4 is 23.9 Å². The maximum atomic E-state index is 12.9. The Bertz CT molecular complexity index is 1000. The number of carbonyl (C=O) groups is 2. The van der Waals surface area contributed by atoms with Crippen molar-refractivity contribution in [1.29, 1.82) is 0 Å². The quantitative estimate of drug-likeness (QED) is 0.254. The second-order valence-electron chi connectivity index (χ2n) is 5.94. The molecule has 0 N–H and O–H groups in total. The van der Waals surface area contributed by atoms with E-state index in [0.717, 1.165) is 11.1 Å². The van der Waals surface area contributed by atoms with Crippen molar-refractivity contribution in [1.82, 2.24) is 0 Å². The first kappa shape index (κ1) is 19.0. The summed E-state index contributed by atoms with van der Waals surface area (Å²) < 4.78 is 18.1. The summed E-state index contributed by atoms with van der Waals surface area (Å²) >= 11 is 0. The van der Waals surface area contributed by atoms with Crippen LogP contribution in [0.1, 0.15) is 21.5 Å². The molecular formula is C24H17FO3. The van der Waals surface area contributed by atoms with Crippen LogP contribution in [0.3, 0.4) is 0 Å². The minimum Gasteiger partial charge on any atom is -0.423 e. The standard InChI is InChI=1S/C24H17FO3/c25-21-12-6-19(7-13-21)8-16-23(26)20-10-14-22(15-11-20)28-24(27)17-9-18-4-2-1-3-5-18/h1-17H. The van der Waals surface area contributed by atoms with Gasteiger partial charge in [0.25, 0.3) is 0 Å². The predicted molar refractivity (Wildman–Crippen MR) is 107 cm³/mol. The number of allylic oxidation sites excluding steroid dienone is 1. The lowest BCUT2D eigenvalue weighted by molar-refractivity contribution is -0.128. The fourth-order valence-corrected chi connectivity index (χ4v) is 2.41. The van der Waals surface area contributed by atoms with Crippen LogP contribution in [0.15, 0.2) is 91.0 Å². The lowest BCUT2D eigenvalue weighted by Gasteiger charge is -2.02. The zero-order chi connectivity index (χ0) is 19.8. The van der Waals surface area contributed by atoms with E-state index in [1.807, 2.05) is 30.3 Å². The van der Waals surface area contributed by atoms with Crippen LogP contribution < -0.4 is 4.74 Å². The van der Waals surface area contributed by atoms with Crippen molar-refractivity contribution in [3.63, 3.8) is 0 Å². The van der Waals surface area contributed by atoms with Gasteiger partial charge in [-0.05, 0) is 59.7 Å². The Hall–Kier alpha value is -3.79. The Morgan fingerprint density at radius 3 is 2.00 bits per heavy atom. The third-order valence-electron chi connectivity index (χ3n) is 3.87. The normalized spacial score (nSPS) is 11.0. The van der Waals surface area contributed by atoms with Gasteiger partial charge in [0.2, 0.25) is 0 Å². The second-order valence-corrected chi connectivity index (χ2v) is 5.94. The average Bonchev–Trinajstić information content (AvgIpc) is 2.73. The van der Waals surface area contributed by atoms with Crippen molar-refractivity contribution in [3.05, 3.63) is 114 Å². The molecule has 4 heteroatoms. The van der Waals surface area contributed by atoms with Crippen LogP contribution in [0.25, 0.3) is 12.2 Å². The highest BCUT2D eigenvalue weighted by molar-refractivity contribution is 6.06. The zero-order valence-corrected chi connectivity index (χ0v) is 14.9. The number of benzene rings is 3. The molecule has 0 heterocycles. The molecule has 3 aromatic carbocycles. The van der Waals surface area contributed by atoms with Gasteiger partial charge in [0, 0.05) is 11.6 Å². The summed E-state index contributed by atoms with van der Waals surface area (Å²) in [6.07, 6.45) is 6.04. The molecule has 0 aliphatic carbocycles. The highest BCUT2D eigenvalue weighted by Gasteiger charge is 2.05. The van der Waals surface area contributed by atoms with Gasteiger partial charge in [0.15, 0.2) is 5.78 Å². The first-order chi connectivity index (χ1) is 13.6. The first-order valence-electron chi connectivity index (χ1n) is 8.63. The molecule has 0 aromatic heterocycles. The maximum absolute atomic E-state index is 12.9. The molecule has 0 amide bonds. The number of ketones is 1. The molecule has 0 aliphatic heterocycles. The number of carbonyl (C=O) groups excluding carboxylic acids is 2. The molecule has 0 unspecified atom stereocenters. The van der Waals surface area contributed by atoms with E-state index in [1.54, 1.807) is 48.6 Å². The van der Waals surface area contributed by atoms with Crippen LogP contribution in [0.4, 0.5) is 4.39 Å². The number of rotatable bonds is 6. The fourth-order valence-electron chi connectivity index (χ4n) is 2.41. The molecule has 0 aliphatic rings. The van der Waals surface area contributed by atoms with Gasteiger partial charge in [-0.25, -0.2) is 9.18 Å². The Morgan fingerprint density at radius 1 is 0.714 bits per heavy atom. The van der Waals surface area contributed by atoms with Crippen molar-refractivity contribution in [3.8, 4) is 5.75 Å². The number of ether oxygens (including phenoxy) is 1. The lowest BCUT2D eigenvalue weighted by atomic mass is 10.1. The largest absolute Gasteiger partial charge is 0.423 e. The molecule has 3 nitrogen and oxygen atoms in total. The highest BCUT2D eigenvalue weighted by Crippen LogP contribution is 2.14. The number of hydrogen-bond acceptors (Lipinski definition) is 3. The van der Waals surface area contributed by atoms with E-state index >= 15 is 0 Å². The molecule has 0 saturated carbocycles. The Labute approximate surface area is 162 Å². The summed E-state index contributed by atoms with van der Waals surface area (Å²) in [6.45, 7) is 0. The molecular weight excluding hydrogens is 355 g/mol. The molecule has 3 rings (SSSR count). The molecule has 0 atom stereocenters. The average molecular weight is 372 g/mol. The molecule has 28 heavy (non-hydrogen) atoms. The van der Waals surface area contributed by atoms with Gasteiger partial charge in [-0.2, -0.15) is 0 Å². The van der Waals surface area contributed by atoms with Gasteiger partial charge in [-0.15, -0.1) is 0 Å². The van der Waals surface area contributed by atoms with Gasteiger partial charge in [0.05, 0.1) is 0 Å². The van der Waals surface area contributed by atoms with Gasteiger partial charge >= 0.3 is 5.97 Å². The summed E-state index contributed by atoms with van der Waals surface area (Å²) in [5, 5.41) is 0. The summed E-state index contributed by atoms with van der Waals surface area (Å²) in [5.41, 5.74) is 2.08. The van der Waals surface area contributed by atoms with Crippen LogP contribution >= 0.6 is 0 Å².